The number of nitrogens with zero attached hydrogens (tertiary/aromatic N) is 3. The standard InChI is InChI=1S/C19H16F3N3O3S/c20-14-5-3-12(4-6-14)18-23-19(28-24-18)13-2-1-7-25(11-13)29(26,27)17-9-15(21)8-16(22)10-17/h3-6,8-10,13H,1-2,7,11H2. The number of aromatic nitrogens is 2. The molecule has 152 valence electrons. The van der Waals surface area contributed by atoms with E-state index >= 15 is 0 Å². The van der Waals surface area contributed by atoms with Crippen molar-refractivity contribution in [2.45, 2.75) is 23.7 Å². The monoisotopic (exact) mass is 423 g/mol. The van der Waals surface area contributed by atoms with Gasteiger partial charge in [0, 0.05) is 24.7 Å². The molecule has 1 fully saturated rings. The third kappa shape index (κ3) is 4.03. The highest BCUT2D eigenvalue weighted by Crippen LogP contribution is 2.31. The van der Waals surface area contributed by atoms with Gasteiger partial charge in [-0.25, -0.2) is 21.6 Å². The molecule has 1 atom stereocenters. The van der Waals surface area contributed by atoms with Crippen LogP contribution in [-0.4, -0.2) is 36.0 Å². The van der Waals surface area contributed by atoms with Gasteiger partial charge in [-0.15, -0.1) is 0 Å². The molecular weight excluding hydrogens is 407 g/mol. The minimum atomic E-state index is -4.08. The molecule has 29 heavy (non-hydrogen) atoms. The fourth-order valence-corrected chi connectivity index (χ4v) is 4.87. The molecule has 1 saturated heterocycles. The van der Waals surface area contributed by atoms with E-state index in [2.05, 4.69) is 10.1 Å². The van der Waals surface area contributed by atoms with Crippen LogP contribution in [0.4, 0.5) is 13.2 Å². The minimum Gasteiger partial charge on any atom is -0.339 e. The molecule has 1 aliphatic rings. The number of rotatable bonds is 4. The van der Waals surface area contributed by atoms with Crippen LogP contribution in [0.3, 0.4) is 0 Å². The van der Waals surface area contributed by atoms with Gasteiger partial charge in [0.15, 0.2) is 0 Å². The SMILES string of the molecule is O=S(=O)(c1cc(F)cc(F)c1)N1CCCC(c2nc(-c3ccc(F)cc3)no2)C1. The first kappa shape index (κ1) is 19.6. The topological polar surface area (TPSA) is 76.3 Å². The number of benzene rings is 2. The van der Waals surface area contributed by atoms with Crippen LogP contribution in [-0.2, 0) is 10.0 Å². The number of halogens is 3. The maximum Gasteiger partial charge on any atom is 0.243 e. The summed E-state index contributed by atoms with van der Waals surface area (Å²) >= 11 is 0. The van der Waals surface area contributed by atoms with E-state index in [0.717, 1.165) is 16.4 Å². The van der Waals surface area contributed by atoms with Gasteiger partial charge in [0.1, 0.15) is 17.5 Å². The molecule has 1 unspecified atom stereocenters. The molecule has 6 nitrogen and oxygen atoms in total. The van der Waals surface area contributed by atoms with Gasteiger partial charge < -0.3 is 4.52 Å². The Balaban J connectivity index is 1.56. The van der Waals surface area contributed by atoms with E-state index in [1.807, 2.05) is 0 Å². The molecule has 1 aromatic heterocycles. The highest BCUT2D eigenvalue weighted by molar-refractivity contribution is 7.89. The van der Waals surface area contributed by atoms with E-state index in [4.69, 9.17) is 4.52 Å². The molecule has 2 heterocycles. The van der Waals surface area contributed by atoms with Crippen molar-refractivity contribution in [3.63, 3.8) is 0 Å². The Morgan fingerprint density at radius 1 is 1.00 bits per heavy atom. The summed E-state index contributed by atoms with van der Waals surface area (Å²) < 4.78 is 72.1. The Morgan fingerprint density at radius 2 is 1.69 bits per heavy atom. The molecule has 0 saturated carbocycles. The van der Waals surface area contributed by atoms with Gasteiger partial charge in [-0.05, 0) is 49.2 Å². The highest BCUT2D eigenvalue weighted by atomic mass is 32.2. The first-order valence-electron chi connectivity index (χ1n) is 8.89. The van der Waals surface area contributed by atoms with Crippen LogP contribution in [0, 0.1) is 17.5 Å². The number of hydrogen-bond donors (Lipinski definition) is 0. The van der Waals surface area contributed by atoms with Gasteiger partial charge in [-0.3, -0.25) is 0 Å². The predicted octanol–water partition coefficient (Wildman–Crippen LogP) is 3.72. The first-order valence-corrected chi connectivity index (χ1v) is 10.3. The van der Waals surface area contributed by atoms with Crippen molar-refractivity contribution in [3.8, 4) is 11.4 Å². The van der Waals surface area contributed by atoms with Crippen molar-refractivity contribution in [1.29, 1.82) is 0 Å². The van der Waals surface area contributed by atoms with Crippen molar-refractivity contribution < 1.29 is 26.1 Å². The third-order valence-electron chi connectivity index (χ3n) is 4.75. The lowest BCUT2D eigenvalue weighted by Gasteiger charge is -2.30. The molecule has 2 aromatic carbocycles. The van der Waals surface area contributed by atoms with Crippen LogP contribution >= 0.6 is 0 Å². The molecule has 0 radical (unpaired) electrons. The van der Waals surface area contributed by atoms with Crippen molar-refractivity contribution in [2.75, 3.05) is 13.1 Å². The van der Waals surface area contributed by atoms with E-state index in [1.165, 1.54) is 24.3 Å². The lowest BCUT2D eigenvalue weighted by molar-refractivity contribution is 0.265. The largest absolute Gasteiger partial charge is 0.339 e. The Hall–Kier alpha value is -2.72. The van der Waals surface area contributed by atoms with Crippen molar-refractivity contribution >= 4 is 10.0 Å². The lowest BCUT2D eigenvalue weighted by atomic mass is 10.00. The van der Waals surface area contributed by atoms with E-state index < -0.39 is 26.6 Å². The maximum absolute atomic E-state index is 13.5. The molecule has 0 spiro atoms. The van der Waals surface area contributed by atoms with Gasteiger partial charge in [-0.1, -0.05) is 5.16 Å². The van der Waals surface area contributed by atoms with Crippen molar-refractivity contribution in [1.82, 2.24) is 14.4 Å². The molecule has 0 bridgehead atoms. The number of hydrogen-bond acceptors (Lipinski definition) is 5. The Kier molecular flexibility index (Phi) is 5.13. The first-order chi connectivity index (χ1) is 13.8. The summed E-state index contributed by atoms with van der Waals surface area (Å²) in [7, 11) is -4.08. The Labute approximate surface area is 165 Å². The van der Waals surface area contributed by atoms with E-state index in [1.54, 1.807) is 0 Å². The number of piperidine rings is 1. The average Bonchev–Trinajstić information content (AvgIpc) is 3.18. The summed E-state index contributed by atoms with van der Waals surface area (Å²) in [6.07, 6.45) is 1.14. The molecule has 0 amide bonds. The van der Waals surface area contributed by atoms with E-state index in [0.29, 0.717) is 24.5 Å². The molecule has 1 aliphatic heterocycles. The summed E-state index contributed by atoms with van der Waals surface area (Å²) in [4.78, 5) is 3.87. The van der Waals surface area contributed by atoms with E-state index in [9.17, 15) is 21.6 Å². The second-order valence-corrected chi connectivity index (χ2v) is 8.71. The van der Waals surface area contributed by atoms with Crippen LogP contribution in [0.15, 0.2) is 51.9 Å². The molecule has 0 aliphatic carbocycles. The summed E-state index contributed by atoms with van der Waals surface area (Å²) in [6, 6.07) is 7.78. The summed E-state index contributed by atoms with van der Waals surface area (Å²) in [6.45, 7) is 0.265. The second kappa shape index (κ2) is 7.60. The van der Waals surface area contributed by atoms with Crippen molar-refractivity contribution in [3.05, 3.63) is 65.8 Å². The zero-order chi connectivity index (χ0) is 20.6. The number of sulfonamides is 1. The van der Waals surface area contributed by atoms with Crippen molar-refractivity contribution in [2.24, 2.45) is 0 Å². The molecule has 0 N–H and O–H groups in total. The molecule has 3 aromatic rings. The van der Waals surface area contributed by atoms with Crippen LogP contribution in [0.5, 0.6) is 0 Å². The Bertz CT molecular complexity index is 1110. The Morgan fingerprint density at radius 3 is 2.38 bits per heavy atom. The fourth-order valence-electron chi connectivity index (χ4n) is 3.31. The lowest BCUT2D eigenvalue weighted by Crippen LogP contribution is -2.39. The molecule has 10 heteroatoms. The highest BCUT2D eigenvalue weighted by Gasteiger charge is 2.34. The summed E-state index contributed by atoms with van der Waals surface area (Å²) in [5, 5.41) is 3.88. The molecular formula is C19H16F3N3O3S. The zero-order valence-electron chi connectivity index (χ0n) is 15.1. The fraction of sp³-hybridized carbons (Fsp3) is 0.263. The van der Waals surface area contributed by atoms with Crippen LogP contribution in [0.25, 0.3) is 11.4 Å². The third-order valence-corrected chi connectivity index (χ3v) is 6.59. The van der Waals surface area contributed by atoms with Gasteiger partial charge in [0.25, 0.3) is 0 Å². The maximum atomic E-state index is 13.5. The molecule has 4 rings (SSSR count). The van der Waals surface area contributed by atoms with Gasteiger partial charge in [0.2, 0.25) is 21.7 Å². The van der Waals surface area contributed by atoms with Crippen LogP contribution < -0.4 is 0 Å². The summed E-state index contributed by atoms with van der Waals surface area (Å²) in [5.41, 5.74) is 0.567. The minimum absolute atomic E-state index is 0.0471. The quantitative estimate of drug-likeness (QED) is 0.639. The predicted molar refractivity (Wildman–Crippen MR) is 96.8 cm³/mol. The average molecular weight is 423 g/mol. The second-order valence-electron chi connectivity index (χ2n) is 6.77. The van der Waals surface area contributed by atoms with Crippen LogP contribution in [0.1, 0.15) is 24.7 Å². The van der Waals surface area contributed by atoms with Gasteiger partial charge >= 0.3 is 0 Å². The smallest absolute Gasteiger partial charge is 0.243 e. The van der Waals surface area contributed by atoms with E-state index in [-0.39, 0.29) is 36.5 Å². The van der Waals surface area contributed by atoms with Gasteiger partial charge in [-0.2, -0.15) is 9.29 Å². The summed E-state index contributed by atoms with van der Waals surface area (Å²) in [5.74, 6) is -2.14. The van der Waals surface area contributed by atoms with Gasteiger partial charge in [0.05, 0.1) is 10.8 Å². The normalized spacial score (nSPS) is 18.1. The zero-order valence-corrected chi connectivity index (χ0v) is 15.9. The van der Waals surface area contributed by atoms with Crippen LogP contribution in [0.2, 0.25) is 0 Å².